The van der Waals surface area contributed by atoms with Crippen molar-refractivity contribution >= 4 is 12.0 Å². The fraction of sp³-hybridized carbons (Fsp3) is 0.400. The van der Waals surface area contributed by atoms with Crippen molar-refractivity contribution in [1.29, 1.82) is 10.5 Å². The van der Waals surface area contributed by atoms with E-state index in [9.17, 15) is 10.1 Å². The fourth-order valence-corrected chi connectivity index (χ4v) is 1.93. The molecule has 0 aliphatic carbocycles. The molecule has 0 unspecified atom stereocenters. The number of carbonyl (C=O) groups is 1. The van der Waals surface area contributed by atoms with Gasteiger partial charge in [0.2, 0.25) is 0 Å². The quantitative estimate of drug-likeness (QED) is 0.733. The average Bonchev–Trinajstić information content (AvgIpc) is 2.42. The molecule has 0 N–H and O–H groups in total. The maximum Gasteiger partial charge on any atom is 0.150 e. The van der Waals surface area contributed by atoms with Crippen LogP contribution >= 0.6 is 0 Å². The molecule has 0 bridgehead atoms. The van der Waals surface area contributed by atoms with Crippen LogP contribution in [0.1, 0.15) is 36.2 Å². The fourth-order valence-electron chi connectivity index (χ4n) is 1.93. The van der Waals surface area contributed by atoms with Crippen LogP contribution in [0.2, 0.25) is 0 Å². The van der Waals surface area contributed by atoms with Crippen LogP contribution in [0.15, 0.2) is 18.2 Å². The molecule has 0 aromatic heterocycles. The van der Waals surface area contributed by atoms with E-state index in [-0.39, 0.29) is 0 Å². The highest BCUT2D eigenvalue weighted by atomic mass is 16.1. The lowest BCUT2D eigenvalue weighted by Crippen LogP contribution is -2.29. The Morgan fingerprint density at radius 1 is 1.37 bits per heavy atom. The molecule has 1 aromatic carbocycles. The zero-order valence-corrected chi connectivity index (χ0v) is 11.3. The molecule has 0 saturated heterocycles. The predicted molar refractivity (Wildman–Crippen MR) is 73.8 cm³/mol. The standard InChI is InChI=1S/C15H17N3O/c1-12(2)10-18(7-3-6-16)15-5-4-13(11-19)8-14(15)9-17/h4-5,8,11-12H,3,7,10H2,1-2H3. The van der Waals surface area contributed by atoms with E-state index in [1.165, 1.54) is 0 Å². The first kappa shape index (κ1) is 14.7. The van der Waals surface area contributed by atoms with Crippen molar-refractivity contribution in [2.45, 2.75) is 20.3 Å². The van der Waals surface area contributed by atoms with Gasteiger partial charge in [0, 0.05) is 18.7 Å². The normalized spacial score (nSPS) is 9.74. The Morgan fingerprint density at radius 3 is 2.63 bits per heavy atom. The number of nitrogens with zero attached hydrogens (tertiary/aromatic N) is 3. The van der Waals surface area contributed by atoms with E-state index in [1.54, 1.807) is 18.2 Å². The van der Waals surface area contributed by atoms with Gasteiger partial charge in [-0.3, -0.25) is 4.79 Å². The molecule has 1 rings (SSSR count). The molecular weight excluding hydrogens is 238 g/mol. The summed E-state index contributed by atoms with van der Waals surface area (Å²) in [5.74, 6) is 0.427. The Labute approximate surface area is 113 Å². The van der Waals surface area contributed by atoms with Gasteiger partial charge in [-0.25, -0.2) is 0 Å². The second kappa shape index (κ2) is 7.18. The Hall–Kier alpha value is -2.33. The molecule has 0 spiro atoms. The van der Waals surface area contributed by atoms with Crippen LogP contribution in [0.3, 0.4) is 0 Å². The van der Waals surface area contributed by atoms with Crippen LogP contribution in [0.25, 0.3) is 0 Å². The average molecular weight is 255 g/mol. The SMILES string of the molecule is CC(C)CN(CCC#N)c1ccc(C=O)cc1C#N. The number of rotatable bonds is 6. The van der Waals surface area contributed by atoms with Crippen molar-refractivity contribution in [3.8, 4) is 12.1 Å². The van der Waals surface area contributed by atoms with Gasteiger partial charge in [0.25, 0.3) is 0 Å². The molecule has 19 heavy (non-hydrogen) atoms. The van der Waals surface area contributed by atoms with Crippen molar-refractivity contribution < 1.29 is 4.79 Å². The van der Waals surface area contributed by atoms with Crippen molar-refractivity contribution in [3.05, 3.63) is 29.3 Å². The third kappa shape index (κ3) is 4.12. The number of carbonyl (C=O) groups excluding carboxylic acids is 1. The number of benzene rings is 1. The number of hydrogen-bond donors (Lipinski definition) is 0. The predicted octanol–water partition coefficient (Wildman–Crippen LogP) is 2.75. The first-order chi connectivity index (χ1) is 9.12. The smallest absolute Gasteiger partial charge is 0.150 e. The van der Waals surface area contributed by atoms with Crippen LogP contribution in [0.4, 0.5) is 5.69 Å². The molecule has 98 valence electrons. The van der Waals surface area contributed by atoms with Gasteiger partial charge in [0.1, 0.15) is 12.4 Å². The van der Waals surface area contributed by atoms with Crippen LogP contribution in [0, 0.1) is 28.6 Å². The summed E-state index contributed by atoms with van der Waals surface area (Å²) in [7, 11) is 0. The molecular formula is C15H17N3O. The van der Waals surface area contributed by atoms with Gasteiger partial charge < -0.3 is 4.90 Å². The van der Waals surface area contributed by atoms with Gasteiger partial charge in [0.15, 0.2) is 0 Å². The lowest BCUT2D eigenvalue weighted by molar-refractivity contribution is 0.112. The molecule has 0 aliphatic rings. The summed E-state index contributed by atoms with van der Waals surface area (Å²) >= 11 is 0. The highest BCUT2D eigenvalue weighted by molar-refractivity contribution is 5.78. The van der Waals surface area contributed by atoms with E-state index >= 15 is 0 Å². The van der Waals surface area contributed by atoms with E-state index in [2.05, 4.69) is 26.0 Å². The topological polar surface area (TPSA) is 67.9 Å². The second-order valence-electron chi connectivity index (χ2n) is 4.75. The number of hydrogen-bond acceptors (Lipinski definition) is 4. The van der Waals surface area contributed by atoms with Gasteiger partial charge in [-0.2, -0.15) is 10.5 Å². The van der Waals surface area contributed by atoms with E-state index in [0.717, 1.165) is 18.5 Å². The highest BCUT2D eigenvalue weighted by Gasteiger charge is 2.13. The largest absolute Gasteiger partial charge is 0.369 e. The maximum atomic E-state index is 10.7. The Morgan fingerprint density at radius 2 is 2.11 bits per heavy atom. The number of anilines is 1. The molecule has 4 heteroatoms. The van der Waals surface area contributed by atoms with Crippen LogP contribution in [-0.4, -0.2) is 19.4 Å². The summed E-state index contributed by atoms with van der Waals surface area (Å²) in [6.07, 6.45) is 1.14. The minimum atomic E-state index is 0.410. The summed E-state index contributed by atoms with van der Waals surface area (Å²) < 4.78 is 0. The van der Waals surface area contributed by atoms with Gasteiger partial charge in [-0.1, -0.05) is 13.8 Å². The monoisotopic (exact) mass is 255 g/mol. The molecule has 0 fully saturated rings. The second-order valence-corrected chi connectivity index (χ2v) is 4.75. The third-order valence-electron chi connectivity index (χ3n) is 2.70. The van der Waals surface area contributed by atoms with Gasteiger partial charge in [-0.05, 0) is 24.1 Å². The molecule has 4 nitrogen and oxygen atoms in total. The summed E-state index contributed by atoms with van der Waals surface area (Å²) in [5.41, 5.74) is 1.75. The Balaban J connectivity index is 3.10. The first-order valence-corrected chi connectivity index (χ1v) is 6.23. The maximum absolute atomic E-state index is 10.7. The van der Waals surface area contributed by atoms with Gasteiger partial charge >= 0.3 is 0 Å². The molecule has 1 aromatic rings. The summed E-state index contributed by atoms with van der Waals surface area (Å²) in [6.45, 7) is 5.54. The van der Waals surface area contributed by atoms with Gasteiger partial charge in [0.05, 0.1) is 23.7 Å². The minimum absolute atomic E-state index is 0.410. The van der Waals surface area contributed by atoms with E-state index in [4.69, 9.17) is 5.26 Å². The minimum Gasteiger partial charge on any atom is -0.369 e. The molecule has 0 atom stereocenters. The lowest BCUT2D eigenvalue weighted by Gasteiger charge is -2.26. The third-order valence-corrected chi connectivity index (χ3v) is 2.70. The van der Waals surface area contributed by atoms with Crippen molar-refractivity contribution in [2.24, 2.45) is 5.92 Å². The van der Waals surface area contributed by atoms with Gasteiger partial charge in [-0.15, -0.1) is 0 Å². The summed E-state index contributed by atoms with van der Waals surface area (Å²) in [6, 6.07) is 9.30. The van der Waals surface area contributed by atoms with Crippen molar-refractivity contribution in [3.63, 3.8) is 0 Å². The Bertz CT molecular complexity index is 523. The molecule has 0 radical (unpaired) electrons. The van der Waals surface area contributed by atoms with E-state index < -0.39 is 0 Å². The number of nitriles is 2. The first-order valence-electron chi connectivity index (χ1n) is 6.23. The molecule has 0 heterocycles. The van der Waals surface area contributed by atoms with Crippen molar-refractivity contribution in [2.75, 3.05) is 18.0 Å². The van der Waals surface area contributed by atoms with Crippen LogP contribution in [-0.2, 0) is 0 Å². The van der Waals surface area contributed by atoms with E-state index in [1.807, 2.05) is 4.90 Å². The lowest BCUT2D eigenvalue weighted by atomic mass is 10.1. The molecule has 0 saturated carbocycles. The van der Waals surface area contributed by atoms with Crippen LogP contribution < -0.4 is 4.90 Å². The summed E-state index contributed by atoms with van der Waals surface area (Å²) in [4.78, 5) is 12.8. The van der Waals surface area contributed by atoms with E-state index in [0.29, 0.717) is 30.0 Å². The van der Waals surface area contributed by atoms with Crippen LogP contribution in [0.5, 0.6) is 0 Å². The Kier molecular flexibility index (Phi) is 5.57. The van der Waals surface area contributed by atoms with Crippen molar-refractivity contribution in [1.82, 2.24) is 0 Å². The highest BCUT2D eigenvalue weighted by Crippen LogP contribution is 2.22. The zero-order valence-electron chi connectivity index (χ0n) is 11.3. The number of aldehydes is 1. The molecule has 0 amide bonds. The molecule has 0 aliphatic heterocycles. The summed E-state index contributed by atoms with van der Waals surface area (Å²) in [5, 5.41) is 17.9. The zero-order chi connectivity index (χ0) is 14.3.